The first-order valence-electron chi connectivity index (χ1n) is 6.29. The second-order valence-corrected chi connectivity index (χ2v) is 5.48. The molecule has 0 aliphatic carbocycles. The van der Waals surface area contributed by atoms with Crippen molar-refractivity contribution in [3.05, 3.63) is 34.3 Å². The molecule has 0 bridgehead atoms. The maximum atomic E-state index is 11.8. The van der Waals surface area contributed by atoms with Gasteiger partial charge in [-0.1, -0.05) is 6.07 Å². The number of nitrogen functional groups attached to an aromatic ring is 1. The van der Waals surface area contributed by atoms with Crippen LogP contribution in [0.4, 0.5) is 16.5 Å². The molecule has 0 saturated heterocycles. The number of ether oxygens (including phenoxy) is 1. The Hall–Kier alpha value is -2.08. The van der Waals surface area contributed by atoms with Gasteiger partial charge in [-0.25, -0.2) is 9.78 Å². The van der Waals surface area contributed by atoms with Gasteiger partial charge in [0, 0.05) is 4.88 Å². The Bertz CT molecular complexity index is 618. The molecule has 3 N–H and O–H groups in total. The lowest BCUT2D eigenvalue weighted by atomic mass is 10.1. The van der Waals surface area contributed by atoms with Gasteiger partial charge in [0.25, 0.3) is 0 Å². The van der Waals surface area contributed by atoms with Crippen molar-refractivity contribution in [2.24, 2.45) is 0 Å². The highest BCUT2D eigenvalue weighted by atomic mass is 32.1. The number of thiazole rings is 1. The summed E-state index contributed by atoms with van der Waals surface area (Å²) in [6, 6.07) is 5.22. The third-order valence-electron chi connectivity index (χ3n) is 2.87. The monoisotopic (exact) mass is 291 g/mol. The fourth-order valence-electron chi connectivity index (χ4n) is 1.70. The number of aryl methyl sites for hydroxylation is 2. The molecule has 1 aromatic heterocycles. The van der Waals surface area contributed by atoms with Crippen molar-refractivity contribution in [2.45, 2.75) is 20.8 Å². The van der Waals surface area contributed by atoms with E-state index < -0.39 is 5.97 Å². The fraction of sp³-hybridized carbons (Fsp3) is 0.286. The first-order valence-corrected chi connectivity index (χ1v) is 7.11. The molecule has 5 nitrogen and oxygen atoms in total. The van der Waals surface area contributed by atoms with Crippen LogP contribution in [0.3, 0.4) is 0 Å². The largest absolute Gasteiger partial charge is 0.462 e. The number of anilines is 3. The van der Waals surface area contributed by atoms with Gasteiger partial charge in [0.15, 0.2) is 5.13 Å². The van der Waals surface area contributed by atoms with Gasteiger partial charge in [0.2, 0.25) is 0 Å². The Morgan fingerprint density at radius 3 is 2.80 bits per heavy atom. The average Bonchev–Trinajstić information content (AvgIpc) is 2.71. The molecule has 0 unspecified atom stereocenters. The first kappa shape index (κ1) is 14.3. The standard InChI is InChI=1S/C14H17N3O2S/c1-4-19-13(18)10-6-5-7-11(12(10)15)17-14-16-8(2)9(3)20-14/h5-7H,4,15H2,1-3H3,(H,16,17). The van der Waals surface area contributed by atoms with Crippen molar-refractivity contribution in [3.63, 3.8) is 0 Å². The predicted octanol–water partition coefficient (Wildman–Crippen LogP) is 3.26. The number of benzene rings is 1. The van der Waals surface area contributed by atoms with Crippen molar-refractivity contribution in [2.75, 3.05) is 17.7 Å². The molecule has 0 fully saturated rings. The molecular weight excluding hydrogens is 274 g/mol. The van der Waals surface area contributed by atoms with E-state index in [9.17, 15) is 4.79 Å². The van der Waals surface area contributed by atoms with E-state index in [1.807, 2.05) is 19.9 Å². The number of nitrogens with one attached hydrogen (secondary N) is 1. The predicted molar refractivity (Wildman–Crippen MR) is 81.7 cm³/mol. The van der Waals surface area contributed by atoms with Crippen molar-refractivity contribution >= 4 is 33.8 Å². The van der Waals surface area contributed by atoms with Crippen LogP contribution in [0.2, 0.25) is 0 Å². The normalized spacial score (nSPS) is 10.3. The second kappa shape index (κ2) is 5.92. The van der Waals surface area contributed by atoms with Crippen molar-refractivity contribution in [1.29, 1.82) is 0 Å². The van der Waals surface area contributed by atoms with E-state index in [1.54, 1.807) is 30.4 Å². The zero-order valence-electron chi connectivity index (χ0n) is 11.7. The Kier molecular flexibility index (Phi) is 4.24. The van der Waals surface area contributed by atoms with Crippen LogP contribution in [0.25, 0.3) is 0 Å². The molecule has 0 atom stereocenters. The Labute approximate surface area is 121 Å². The summed E-state index contributed by atoms with van der Waals surface area (Å²) < 4.78 is 4.98. The molecule has 1 heterocycles. The van der Waals surface area contributed by atoms with Gasteiger partial charge in [0.05, 0.1) is 29.2 Å². The summed E-state index contributed by atoms with van der Waals surface area (Å²) in [7, 11) is 0. The molecule has 2 aromatic rings. The van der Waals surface area contributed by atoms with Crippen LogP contribution in [-0.4, -0.2) is 17.6 Å². The molecule has 0 spiro atoms. The summed E-state index contributed by atoms with van der Waals surface area (Å²) in [5, 5.41) is 3.90. The lowest BCUT2D eigenvalue weighted by molar-refractivity contribution is 0.0527. The molecule has 1 aromatic carbocycles. The summed E-state index contributed by atoms with van der Waals surface area (Å²) in [4.78, 5) is 17.3. The summed E-state index contributed by atoms with van der Waals surface area (Å²) in [5.41, 5.74) is 8.40. The van der Waals surface area contributed by atoms with Crippen LogP contribution in [-0.2, 0) is 4.74 Å². The average molecular weight is 291 g/mol. The Balaban J connectivity index is 2.28. The highest BCUT2D eigenvalue weighted by Crippen LogP contribution is 2.30. The van der Waals surface area contributed by atoms with Gasteiger partial charge >= 0.3 is 5.97 Å². The maximum Gasteiger partial charge on any atom is 0.340 e. The quantitative estimate of drug-likeness (QED) is 0.668. The number of para-hydroxylation sites is 1. The van der Waals surface area contributed by atoms with Crippen LogP contribution in [0.15, 0.2) is 18.2 Å². The summed E-state index contributed by atoms with van der Waals surface area (Å²) in [6.45, 7) is 6.05. The highest BCUT2D eigenvalue weighted by molar-refractivity contribution is 7.15. The van der Waals surface area contributed by atoms with E-state index in [0.717, 1.165) is 15.7 Å². The van der Waals surface area contributed by atoms with Crippen molar-refractivity contribution in [3.8, 4) is 0 Å². The number of nitrogens with two attached hydrogens (primary N) is 1. The zero-order valence-corrected chi connectivity index (χ0v) is 12.5. The van der Waals surface area contributed by atoms with Crippen LogP contribution < -0.4 is 11.1 Å². The molecule has 0 radical (unpaired) electrons. The number of nitrogens with zero attached hydrogens (tertiary/aromatic N) is 1. The number of hydrogen-bond donors (Lipinski definition) is 2. The maximum absolute atomic E-state index is 11.8. The Morgan fingerprint density at radius 1 is 1.45 bits per heavy atom. The lowest BCUT2D eigenvalue weighted by Gasteiger charge is -2.10. The van der Waals surface area contributed by atoms with Crippen molar-refractivity contribution < 1.29 is 9.53 Å². The van der Waals surface area contributed by atoms with E-state index in [4.69, 9.17) is 10.5 Å². The minimum atomic E-state index is -0.417. The second-order valence-electron chi connectivity index (χ2n) is 4.27. The van der Waals surface area contributed by atoms with Gasteiger partial charge < -0.3 is 15.8 Å². The molecule has 6 heteroatoms. The van der Waals surface area contributed by atoms with Gasteiger partial charge in [-0.3, -0.25) is 0 Å². The van der Waals surface area contributed by atoms with Crippen LogP contribution >= 0.6 is 11.3 Å². The third-order valence-corrected chi connectivity index (χ3v) is 3.86. The molecule has 0 aliphatic rings. The molecule has 2 rings (SSSR count). The molecule has 20 heavy (non-hydrogen) atoms. The summed E-state index contributed by atoms with van der Waals surface area (Å²) in [5.74, 6) is -0.417. The minimum absolute atomic E-state index is 0.320. The molecule has 0 saturated carbocycles. The molecule has 0 aliphatic heterocycles. The van der Waals surface area contributed by atoms with Crippen LogP contribution in [0.1, 0.15) is 27.9 Å². The smallest absolute Gasteiger partial charge is 0.340 e. The van der Waals surface area contributed by atoms with E-state index in [2.05, 4.69) is 10.3 Å². The topological polar surface area (TPSA) is 77.2 Å². The fourth-order valence-corrected chi connectivity index (χ4v) is 2.53. The van der Waals surface area contributed by atoms with Gasteiger partial charge in [-0.15, -0.1) is 11.3 Å². The summed E-state index contributed by atoms with van der Waals surface area (Å²) in [6.07, 6.45) is 0. The van der Waals surface area contributed by atoms with Gasteiger partial charge in [-0.05, 0) is 32.9 Å². The molecule has 0 amide bonds. The van der Waals surface area contributed by atoms with Gasteiger partial charge in [0.1, 0.15) is 0 Å². The third kappa shape index (κ3) is 2.91. The Morgan fingerprint density at radius 2 is 2.20 bits per heavy atom. The number of aromatic nitrogens is 1. The number of carbonyl (C=O) groups is 1. The van der Waals surface area contributed by atoms with E-state index in [0.29, 0.717) is 23.5 Å². The number of hydrogen-bond acceptors (Lipinski definition) is 6. The number of esters is 1. The van der Waals surface area contributed by atoms with E-state index in [-0.39, 0.29) is 0 Å². The van der Waals surface area contributed by atoms with Crippen LogP contribution in [0, 0.1) is 13.8 Å². The van der Waals surface area contributed by atoms with Gasteiger partial charge in [-0.2, -0.15) is 0 Å². The summed E-state index contributed by atoms with van der Waals surface area (Å²) >= 11 is 1.55. The molecular formula is C14H17N3O2S. The first-order chi connectivity index (χ1) is 9.52. The minimum Gasteiger partial charge on any atom is -0.462 e. The van der Waals surface area contributed by atoms with E-state index in [1.165, 1.54) is 0 Å². The molecule has 106 valence electrons. The lowest BCUT2D eigenvalue weighted by Crippen LogP contribution is -2.09. The van der Waals surface area contributed by atoms with Crippen LogP contribution in [0.5, 0.6) is 0 Å². The SMILES string of the molecule is CCOC(=O)c1cccc(Nc2nc(C)c(C)s2)c1N. The highest BCUT2D eigenvalue weighted by Gasteiger charge is 2.14. The van der Waals surface area contributed by atoms with Crippen molar-refractivity contribution in [1.82, 2.24) is 4.98 Å². The zero-order chi connectivity index (χ0) is 14.7. The number of rotatable bonds is 4. The van der Waals surface area contributed by atoms with E-state index >= 15 is 0 Å². The number of carbonyl (C=O) groups excluding carboxylic acids is 1.